The lowest BCUT2D eigenvalue weighted by Gasteiger charge is -2.20. The van der Waals surface area contributed by atoms with Crippen molar-refractivity contribution in [1.29, 1.82) is 0 Å². The predicted octanol–water partition coefficient (Wildman–Crippen LogP) is 0.425. The lowest BCUT2D eigenvalue weighted by molar-refractivity contribution is -0.123. The Bertz CT molecular complexity index is 799. The van der Waals surface area contributed by atoms with Crippen molar-refractivity contribution in [1.82, 2.24) is 19.7 Å². The van der Waals surface area contributed by atoms with Crippen LogP contribution in [0.15, 0.2) is 35.2 Å². The van der Waals surface area contributed by atoms with Crippen LogP contribution in [0.1, 0.15) is 17.8 Å². The number of sulfonamides is 1. The predicted molar refractivity (Wildman–Crippen MR) is 78.3 cm³/mol. The molecule has 1 amide bonds. The number of carbonyl (C=O) groups is 1. The summed E-state index contributed by atoms with van der Waals surface area (Å²) in [6, 6.07) is 7.87. The number of nitrogens with zero attached hydrogens (tertiary/aromatic N) is 3. The Labute approximate surface area is 128 Å². The van der Waals surface area contributed by atoms with Gasteiger partial charge in [0.1, 0.15) is 0 Å². The van der Waals surface area contributed by atoms with Crippen LogP contribution in [0.3, 0.4) is 0 Å². The van der Waals surface area contributed by atoms with E-state index in [1.165, 1.54) is 12.1 Å². The summed E-state index contributed by atoms with van der Waals surface area (Å²) in [6.07, 6.45) is 1.66. The molecule has 22 heavy (non-hydrogen) atoms. The molecular formula is C14H16N4O3S. The lowest BCUT2D eigenvalue weighted by Crippen LogP contribution is -2.38. The molecule has 0 spiro atoms. The van der Waals surface area contributed by atoms with E-state index in [9.17, 15) is 13.2 Å². The zero-order valence-electron chi connectivity index (χ0n) is 12.1. The molecule has 0 saturated carbocycles. The summed E-state index contributed by atoms with van der Waals surface area (Å²) < 4.78 is 28.2. The molecule has 1 aliphatic carbocycles. The molecule has 1 aliphatic rings. The van der Waals surface area contributed by atoms with Gasteiger partial charge in [-0.15, -0.1) is 5.10 Å². The number of hydrogen-bond donors (Lipinski definition) is 1. The Balaban J connectivity index is 1.75. The summed E-state index contributed by atoms with van der Waals surface area (Å²) in [4.78, 5) is 12.4. The highest BCUT2D eigenvalue weighted by atomic mass is 32.2. The molecule has 1 atom stereocenters. The molecule has 1 aromatic carbocycles. The van der Waals surface area contributed by atoms with Crippen LogP contribution in [0.5, 0.6) is 0 Å². The third kappa shape index (κ3) is 2.74. The van der Waals surface area contributed by atoms with Crippen molar-refractivity contribution in [3.05, 3.63) is 41.7 Å². The minimum atomic E-state index is -3.82. The smallest absolute Gasteiger partial charge is 0.264 e. The lowest BCUT2D eigenvalue weighted by atomic mass is 9.89. The van der Waals surface area contributed by atoms with Gasteiger partial charge in [0.05, 0.1) is 16.3 Å². The fraction of sp³-hybridized carbons (Fsp3) is 0.357. The van der Waals surface area contributed by atoms with Crippen LogP contribution in [-0.4, -0.2) is 29.3 Å². The fourth-order valence-corrected chi connectivity index (χ4v) is 3.67. The number of rotatable bonds is 3. The Morgan fingerprint density at radius 1 is 1.32 bits per heavy atom. The van der Waals surface area contributed by atoms with Gasteiger partial charge in [-0.25, -0.2) is 13.1 Å². The van der Waals surface area contributed by atoms with E-state index >= 15 is 0 Å². The van der Waals surface area contributed by atoms with E-state index in [2.05, 4.69) is 15.0 Å². The van der Waals surface area contributed by atoms with Crippen LogP contribution in [0.25, 0.3) is 0 Å². The first-order valence-electron chi connectivity index (χ1n) is 6.96. The summed E-state index contributed by atoms with van der Waals surface area (Å²) >= 11 is 0. The molecular weight excluding hydrogens is 304 g/mol. The minimum Gasteiger partial charge on any atom is -0.274 e. The van der Waals surface area contributed by atoms with Crippen LogP contribution in [0.2, 0.25) is 0 Å². The average molecular weight is 320 g/mol. The molecule has 7 nitrogen and oxygen atoms in total. The number of hydrogen-bond acceptors (Lipinski definition) is 5. The molecule has 1 aromatic heterocycles. The van der Waals surface area contributed by atoms with E-state index in [4.69, 9.17) is 0 Å². The molecule has 1 heterocycles. The number of aryl methyl sites for hydroxylation is 2. The van der Waals surface area contributed by atoms with Crippen LogP contribution in [-0.2, 0) is 34.7 Å². The second-order valence-corrected chi connectivity index (χ2v) is 7.01. The molecule has 2 aromatic rings. The van der Waals surface area contributed by atoms with E-state index in [1.54, 1.807) is 29.9 Å². The maximum atomic E-state index is 12.3. The van der Waals surface area contributed by atoms with Crippen LogP contribution < -0.4 is 4.72 Å². The number of fused-ring (bicyclic) bond motifs is 1. The minimum absolute atomic E-state index is 0.0852. The third-order valence-electron chi connectivity index (χ3n) is 3.85. The van der Waals surface area contributed by atoms with E-state index in [0.717, 1.165) is 11.4 Å². The summed E-state index contributed by atoms with van der Waals surface area (Å²) in [5, 5.41) is 7.97. The molecule has 0 radical (unpaired) electrons. The van der Waals surface area contributed by atoms with Crippen LogP contribution in [0, 0.1) is 5.92 Å². The van der Waals surface area contributed by atoms with Crippen molar-refractivity contribution < 1.29 is 13.2 Å². The van der Waals surface area contributed by atoms with Gasteiger partial charge in [-0.1, -0.05) is 23.4 Å². The van der Waals surface area contributed by atoms with E-state index in [1.807, 2.05) is 0 Å². The molecule has 1 unspecified atom stereocenters. The highest BCUT2D eigenvalue weighted by Gasteiger charge is 2.30. The fourth-order valence-electron chi connectivity index (χ4n) is 2.61. The highest BCUT2D eigenvalue weighted by molar-refractivity contribution is 7.90. The molecule has 0 saturated heterocycles. The molecule has 1 N–H and O–H groups in total. The number of benzene rings is 1. The summed E-state index contributed by atoms with van der Waals surface area (Å²) in [5.41, 5.74) is 1.78. The van der Waals surface area contributed by atoms with Crippen molar-refractivity contribution >= 4 is 15.9 Å². The van der Waals surface area contributed by atoms with Crippen LogP contribution in [0.4, 0.5) is 0 Å². The normalized spacial score (nSPS) is 17.8. The molecule has 116 valence electrons. The van der Waals surface area contributed by atoms with Gasteiger partial charge in [-0.3, -0.25) is 9.48 Å². The molecule has 0 bridgehead atoms. The van der Waals surface area contributed by atoms with Gasteiger partial charge in [0, 0.05) is 19.4 Å². The molecule has 3 rings (SSSR count). The monoisotopic (exact) mass is 320 g/mol. The van der Waals surface area contributed by atoms with Crippen molar-refractivity contribution in [2.45, 2.75) is 24.2 Å². The number of amides is 1. The molecule has 0 aliphatic heterocycles. The first-order valence-corrected chi connectivity index (χ1v) is 8.45. The summed E-state index contributed by atoms with van der Waals surface area (Å²) in [7, 11) is -2.05. The maximum Gasteiger partial charge on any atom is 0.264 e. The van der Waals surface area contributed by atoms with Crippen molar-refractivity contribution in [3.8, 4) is 0 Å². The van der Waals surface area contributed by atoms with Crippen molar-refractivity contribution in [2.75, 3.05) is 0 Å². The second kappa shape index (κ2) is 5.53. The SMILES string of the molecule is Cn1nnc2c1CC(C(=O)NS(=O)(=O)c1ccccc1)CC2. The topological polar surface area (TPSA) is 93.9 Å². The first-order chi connectivity index (χ1) is 10.5. The number of nitrogens with one attached hydrogen (secondary N) is 1. The maximum absolute atomic E-state index is 12.3. The quantitative estimate of drug-likeness (QED) is 0.885. The Morgan fingerprint density at radius 3 is 2.77 bits per heavy atom. The number of aromatic nitrogens is 3. The van der Waals surface area contributed by atoms with Crippen molar-refractivity contribution in [3.63, 3.8) is 0 Å². The average Bonchev–Trinajstić information content (AvgIpc) is 2.89. The molecule has 8 heteroatoms. The van der Waals surface area contributed by atoms with Gasteiger partial charge in [0.15, 0.2) is 0 Å². The zero-order valence-corrected chi connectivity index (χ0v) is 12.9. The van der Waals surface area contributed by atoms with Gasteiger partial charge >= 0.3 is 0 Å². The second-order valence-electron chi connectivity index (χ2n) is 5.33. The van der Waals surface area contributed by atoms with Gasteiger partial charge in [0.25, 0.3) is 10.0 Å². The number of carbonyl (C=O) groups excluding carboxylic acids is 1. The van der Waals surface area contributed by atoms with E-state index in [-0.39, 0.29) is 10.8 Å². The third-order valence-corrected chi connectivity index (χ3v) is 5.21. The largest absolute Gasteiger partial charge is 0.274 e. The Kier molecular flexibility index (Phi) is 3.69. The van der Waals surface area contributed by atoms with E-state index < -0.39 is 15.9 Å². The first kappa shape index (κ1) is 14.7. The Morgan fingerprint density at radius 2 is 2.05 bits per heavy atom. The van der Waals surface area contributed by atoms with Crippen LogP contribution >= 0.6 is 0 Å². The summed E-state index contributed by atoms with van der Waals surface area (Å²) in [5.74, 6) is -0.862. The van der Waals surface area contributed by atoms with Crippen molar-refractivity contribution in [2.24, 2.45) is 13.0 Å². The van der Waals surface area contributed by atoms with Gasteiger partial charge in [0.2, 0.25) is 5.91 Å². The Hall–Kier alpha value is -2.22. The summed E-state index contributed by atoms with van der Waals surface area (Å²) in [6.45, 7) is 0. The van der Waals surface area contributed by atoms with E-state index in [0.29, 0.717) is 19.3 Å². The van der Waals surface area contributed by atoms with Gasteiger partial charge in [-0.2, -0.15) is 0 Å². The van der Waals surface area contributed by atoms with Gasteiger partial charge in [-0.05, 0) is 25.0 Å². The van der Waals surface area contributed by atoms with Gasteiger partial charge < -0.3 is 0 Å². The highest BCUT2D eigenvalue weighted by Crippen LogP contribution is 2.24. The standard InChI is InChI=1S/C14H16N4O3S/c1-18-13-9-10(7-8-12(13)15-17-18)14(19)16-22(20,21)11-5-3-2-4-6-11/h2-6,10H,7-9H2,1H3,(H,16,19). The zero-order chi connectivity index (χ0) is 15.7. The molecule has 0 fully saturated rings.